The molecule has 0 heterocycles. The second-order valence-corrected chi connectivity index (χ2v) is 5.30. The Kier molecular flexibility index (Phi) is 5.21. The maximum absolute atomic E-state index is 3.39. The topological polar surface area (TPSA) is 15.3 Å². The molecule has 0 spiro atoms. The highest BCUT2D eigenvalue weighted by Gasteiger charge is 2.28. The minimum atomic E-state index is 0.863. The summed E-state index contributed by atoms with van der Waals surface area (Å²) in [6.07, 6.45) is 4.06. The molecule has 0 atom stereocenters. The largest absolute Gasteiger partial charge is 0.313 e. The summed E-state index contributed by atoms with van der Waals surface area (Å²) in [5.74, 6) is 0. The van der Waals surface area contributed by atoms with E-state index in [0.717, 1.165) is 25.7 Å². The Labute approximate surface area is 111 Å². The van der Waals surface area contributed by atoms with Gasteiger partial charge >= 0.3 is 0 Å². The Bertz CT molecular complexity index is 358. The fraction of sp³-hybridized carbons (Fsp3) is 0.625. The van der Waals surface area contributed by atoms with Crippen LogP contribution < -0.4 is 5.32 Å². The third-order valence-electron chi connectivity index (χ3n) is 3.53. The van der Waals surface area contributed by atoms with Gasteiger partial charge in [-0.05, 0) is 43.5 Å². The first kappa shape index (κ1) is 13.6. The molecular formula is C16H26N2. The minimum absolute atomic E-state index is 0.863. The van der Waals surface area contributed by atoms with Crippen molar-refractivity contribution in [3.63, 3.8) is 0 Å². The van der Waals surface area contributed by atoms with Crippen LogP contribution in [0.4, 0.5) is 0 Å². The predicted octanol–water partition coefficient (Wildman–Crippen LogP) is 3.17. The van der Waals surface area contributed by atoms with Crippen LogP contribution in [-0.2, 0) is 13.1 Å². The molecule has 0 amide bonds. The molecule has 0 unspecified atom stereocenters. The maximum atomic E-state index is 3.39. The number of hydrogen-bond donors (Lipinski definition) is 1. The van der Waals surface area contributed by atoms with E-state index in [-0.39, 0.29) is 0 Å². The average molecular weight is 246 g/mol. The standard InChI is InChI=1S/C16H26N2/c1-3-10-18(16-8-9-16)13-15-7-5-6-14(11-15)12-17-4-2/h5-7,11,16-17H,3-4,8-10,12-13H2,1-2H3. The van der Waals surface area contributed by atoms with E-state index in [9.17, 15) is 0 Å². The molecule has 2 nitrogen and oxygen atoms in total. The zero-order valence-electron chi connectivity index (χ0n) is 11.8. The van der Waals surface area contributed by atoms with Crippen LogP contribution in [0.15, 0.2) is 24.3 Å². The Morgan fingerprint density at radius 1 is 1.22 bits per heavy atom. The summed E-state index contributed by atoms with van der Waals surface area (Å²) >= 11 is 0. The van der Waals surface area contributed by atoms with Crippen LogP contribution >= 0.6 is 0 Å². The smallest absolute Gasteiger partial charge is 0.0236 e. The van der Waals surface area contributed by atoms with E-state index >= 15 is 0 Å². The third-order valence-corrected chi connectivity index (χ3v) is 3.53. The van der Waals surface area contributed by atoms with Crippen molar-refractivity contribution in [2.45, 2.75) is 52.2 Å². The number of hydrogen-bond acceptors (Lipinski definition) is 2. The fourth-order valence-electron chi connectivity index (χ4n) is 2.46. The van der Waals surface area contributed by atoms with Gasteiger partial charge in [0.1, 0.15) is 0 Å². The van der Waals surface area contributed by atoms with Crippen LogP contribution in [-0.4, -0.2) is 24.0 Å². The molecule has 1 saturated carbocycles. The number of benzene rings is 1. The van der Waals surface area contributed by atoms with Crippen molar-refractivity contribution in [2.24, 2.45) is 0 Å². The van der Waals surface area contributed by atoms with Crippen LogP contribution in [0.3, 0.4) is 0 Å². The molecule has 100 valence electrons. The summed E-state index contributed by atoms with van der Waals surface area (Å²) in [6.45, 7) is 8.81. The second kappa shape index (κ2) is 6.91. The first-order chi connectivity index (χ1) is 8.83. The molecule has 1 aliphatic carbocycles. The van der Waals surface area contributed by atoms with Crippen molar-refractivity contribution in [1.82, 2.24) is 10.2 Å². The highest BCUT2D eigenvalue weighted by Crippen LogP contribution is 2.28. The van der Waals surface area contributed by atoms with Gasteiger partial charge in [-0.1, -0.05) is 38.1 Å². The molecule has 0 aliphatic heterocycles. The Morgan fingerprint density at radius 3 is 2.67 bits per heavy atom. The summed E-state index contributed by atoms with van der Waals surface area (Å²) in [4.78, 5) is 2.65. The average Bonchev–Trinajstić information content (AvgIpc) is 3.21. The molecule has 2 rings (SSSR count). The molecule has 1 aromatic carbocycles. The number of rotatable bonds is 8. The summed E-state index contributed by atoms with van der Waals surface area (Å²) in [5.41, 5.74) is 2.87. The van der Waals surface area contributed by atoms with Gasteiger partial charge in [0, 0.05) is 19.1 Å². The van der Waals surface area contributed by atoms with E-state index in [1.54, 1.807) is 0 Å². The third kappa shape index (κ3) is 4.11. The lowest BCUT2D eigenvalue weighted by Crippen LogP contribution is -2.26. The summed E-state index contributed by atoms with van der Waals surface area (Å²) in [5, 5.41) is 3.39. The van der Waals surface area contributed by atoms with Gasteiger partial charge in [0.05, 0.1) is 0 Å². The lowest BCUT2D eigenvalue weighted by Gasteiger charge is -2.21. The van der Waals surface area contributed by atoms with E-state index in [4.69, 9.17) is 0 Å². The van der Waals surface area contributed by atoms with Crippen molar-refractivity contribution in [3.05, 3.63) is 35.4 Å². The number of nitrogens with one attached hydrogen (secondary N) is 1. The van der Waals surface area contributed by atoms with E-state index in [2.05, 4.69) is 48.3 Å². The van der Waals surface area contributed by atoms with Crippen molar-refractivity contribution < 1.29 is 0 Å². The van der Waals surface area contributed by atoms with E-state index in [0.29, 0.717) is 0 Å². The van der Waals surface area contributed by atoms with Gasteiger partial charge in [0.15, 0.2) is 0 Å². The van der Waals surface area contributed by atoms with Crippen LogP contribution in [0.1, 0.15) is 44.2 Å². The van der Waals surface area contributed by atoms with E-state index in [1.807, 2.05) is 0 Å². The van der Waals surface area contributed by atoms with Crippen molar-refractivity contribution in [1.29, 1.82) is 0 Å². The van der Waals surface area contributed by atoms with E-state index < -0.39 is 0 Å². The molecule has 0 bridgehead atoms. The van der Waals surface area contributed by atoms with Gasteiger partial charge < -0.3 is 5.32 Å². The van der Waals surface area contributed by atoms with Crippen molar-refractivity contribution in [3.8, 4) is 0 Å². The summed E-state index contributed by atoms with van der Waals surface area (Å²) in [7, 11) is 0. The highest BCUT2D eigenvalue weighted by atomic mass is 15.2. The van der Waals surface area contributed by atoms with Gasteiger partial charge in [-0.2, -0.15) is 0 Å². The molecule has 0 aromatic heterocycles. The van der Waals surface area contributed by atoms with Crippen LogP contribution in [0.25, 0.3) is 0 Å². The second-order valence-electron chi connectivity index (χ2n) is 5.30. The molecule has 1 fully saturated rings. The zero-order chi connectivity index (χ0) is 12.8. The molecule has 1 N–H and O–H groups in total. The molecule has 1 aliphatic rings. The summed E-state index contributed by atoms with van der Waals surface area (Å²) < 4.78 is 0. The van der Waals surface area contributed by atoms with Gasteiger partial charge in [0.2, 0.25) is 0 Å². The fourth-order valence-corrected chi connectivity index (χ4v) is 2.46. The van der Waals surface area contributed by atoms with Crippen LogP contribution in [0, 0.1) is 0 Å². The lowest BCUT2D eigenvalue weighted by atomic mass is 10.1. The van der Waals surface area contributed by atoms with Crippen LogP contribution in [0.5, 0.6) is 0 Å². The zero-order valence-corrected chi connectivity index (χ0v) is 11.8. The molecule has 18 heavy (non-hydrogen) atoms. The van der Waals surface area contributed by atoms with E-state index in [1.165, 1.54) is 36.9 Å². The minimum Gasteiger partial charge on any atom is -0.313 e. The van der Waals surface area contributed by atoms with Gasteiger partial charge in [-0.25, -0.2) is 0 Å². The predicted molar refractivity (Wildman–Crippen MR) is 77.5 cm³/mol. The summed E-state index contributed by atoms with van der Waals surface area (Å²) in [6, 6.07) is 9.89. The van der Waals surface area contributed by atoms with Crippen molar-refractivity contribution in [2.75, 3.05) is 13.1 Å². The molecular weight excluding hydrogens is 220 g/mol. The maximum Gasteiger partial charge on any atom is 0.0236 e. The molecule has 2 heteroatoms. The Hall–Kier alpha value is -0.860. The first-order valence-electron chi connectivity index (χ1n) is 7.36. The normalized spacial score (nSPS) is 15.3. The Morgan fingerprint density at radius 2 is 2.00 bits per heavy atom. The van der Waals surface area contributed by atoms with Gasteiger partial charge in [-0.3, -0.25) is 4.90 Å². The molecule has 0 saturated heterocycles. The molecule has 1 aromatic rings. The monoisotopic (exact) mass is 246 g/mol. The van der Waals surface area contributed by atoms with Crippen molar-refractivity contribution >= 4 is 0 Å². The van der Waals surface area contributed by atoms with Gasteiger partial charge in [0.25, 0.3) is 0 Å². The molecule has 0 radical (unpaired) electrons. The first-order valence-corrected chi connectivity index (χ1v) is 7.36. The quantitative estimate of drug-likeness (QED) is 0.758. The van der Waals surface area contributed by atoms with Crippen LogP contribution in [0.2, 0.25) is 0 Å². The highest BCUT2D eigenvalue weighted by molar-refractivity contribution is 5.23. The number of nitrogens with zero attached hydrogens (tertiary/aromatic N) is 1. The van der Waals surface area contributed by atoms with Gasteiger partial charge in [-0.15, -0.1) is 0 Å². The lowest BCUT2D eigenvalue weighted by molar-refractivity contribution is 0.255. The Balaban J connectivity index is 1.94. The SMILES string of the molecule is CCCN(Cc1cccc(CNCC)c1)C1CC1.